The number of aliphatic hydroxyl groups is 1. The lowest BCUT2D eigenvalue weighted by molar-refractivity contribution is 0.161. The first kappa shape index (κ1) is 11.6. The van der Waals surface area contributed by atoms with Crippen molar-refractivity contribution in [2.75, 3.05) is 11.9 Å². The molecule has 0 spiro atoms. The summed E-state index contributed by atoms with van der Waals surface area (Å²) in [7, 11) is 0. The smallest absolute Gasteiger partial charge is 0.146 e. The maximum atomic E-state index is 13.3. The number of anilines is 1. The lowest BCUT2D eigenvalue weighted by Gasteiger charge is -2.13. The van der Waals surface area contributed by atoms with Crippen LogP contribution in [-0.4, -0.2) is 27.5 Å². The highest BCUT2D eigenvalue weighted by Crippen LogP contribution is 2.12. The normalized spacial score (nSPS) is 12.4. The molecule has 4 nitrogen and oxygen atoms in total. The molecule has 0 saturated carbocycles. The average Bonchev–Trinajstić information content (AvgIpc) is 2.81. The van der Waals surface area contributed by atoms with E-state index in [-0.39, 0.29) is 12.4 Å². The van der Waals surface area contributed by atoms with Gasteiger partial charge in [0.05, 0.1) is 18.3 Å². The number of benzene rings is 1. The van der Waals surface area contributed by atoms with Crippen LogP contribution in [0.3, 0.4) is 0 Å². The van der Waals surface area contributed by atoms with Crippen molar-refractivity contribution in [1.29, 1.82) is 0 Å². The summed E-state index contributed by atoms with van der Waals surface area (Å²) in [6.45, 7) is 0.662. The van der Waals surface area contributed by atoms with Gasteiger partial charge in [-0.1, -0.05) is 12.1 Å². The van der Waals surface area contributed by atoms with Crippen molar-refractivity contribution >= 4 is 5.69 Å². The first-order valence-corrected chi connectivity index (χ1v) is 5.39. The zero-order valence-electron chi connectivity index (χ0n) is 9.25. The molecule has 0 radical (unpaired) electrons. The van der Waals surface area contributed by atoms with E-state index in [4.69, 9.17) is 0 Å². The number of aromatic nitrogens is 2. The molecule has 1 aromatic heterocycles. The van der Waals surface area contributed by atoms with Crippen LogP contribution in [0.15, 0.2) is 42.7 Å². The summed E-state index contributed by atoms with van der Waals surface area (Å²) in [5.74, 6) is -0.321. The predicted molar refractivity (Wildman–Crippen MR) is 63.1 cm³/mol. The van der Waals surface area contributed by atoms with E-state index in [2.05, 4.69) is 10.4 Å². The van der Waals surface area contributed by atoms with Gasteiger partial charge in [-0.25, -0.2) is 4.39 Å². The van der Waals surface area contributed by atoms with Crippen LogP contribution in [0.25, 0.3) is 0 Å². The van der Waals surface area contributed by atoms with Crippen LogP contribution < -0.4 is 5.32 Å². The van der Waals surface area contributed by atoms with Crippen molar-refractivity contribution in [3.63, 3.8) is 0 Å². The molecule has 0 amide bonds. The summed E-state index contributed by atoms with van der Waals surface area (Å²) in [5.41, 5.74) is 0.395. The van der Waals surface area contributed by atoms with E-state index in [1.807, 2.05) is 0 Å². The Balaban J connectivity index is 1.84. The molecule has 1 heterocycles. The van der Waals surface area contributed by atoms with E-state index in [1.54, 1.807) is 41.3 Å². The molecule has 0 aliphatic carbocycles. The Kier molecular flexibility index (Phi) is 3.72. The van der Waals surface area contributed by atoms with E-state index < -0.39 is 6.10 Å². The third-order valence-electron chi connectivity index (χ3n) is 2.36. The highest BCUT2D eigenvalue weighted by Gasteiger charge is 2.06. The molecule has 2 aromatic rings. The van der Waals surface area contributed by atoms with Crippen molar-refractivity contribution < 1.29 is 9.50 Å². The van der Waals surface area contributed by atoms with Crippen molar-refractivity contribution in [3.05, 3.63) is 48.5 Å². The molecular formula is C12H14FN3O. The van der Waals surface area contributed by atoms with Gasteiger partial charge in [-0.05, 0) is 18.2 Å². The van der Waals surface area contributed by atoms with Gasteiger partial charge in [-0.15, -0.1) is 0 Å². The van der Waals surface area contributed by atoms with Crippen LogP contribution >= 0.6 is 0 Å². The van der Waals surface area contributed by atoms with Gasteiger partial charge < -0.3 is 10.4 Å². The second-order valence-electron chi connectivity index (χ2n) is 3.74. The first-order valence-electron chi connectivity index (χ1n) is 5.39. The van der Waals surface area contributed by atoms with Crippen LogP contribution in [0.5, 0.6) is 0 Å². The minimum atomic E-state index is -0.616. The highest BCUT2D eigenvalue weighted by molar-refractivity contribution is 5.44. The number of nitrogens with zero attached hydrogens (tertiary/aromatic N) is 2. The standard InChI is InChI=1S/C12H14FN3O/c13-11-4-1-2-5-12(11)14-8-10(17)9-16-7-3-6-15-16/h1-7,10,14,17H,8-9H2. The fraction of sp³-hybridized carbons (Fsp3) is 0.250. The van der Waals surface area contributed by atoms with E-state index in [9.17, 15) is 9.50 Å². The molecule has 1 atom stereocenters. The monoisotopic (exact) mass is 235 g/mol. The van der Waals surface area contributed by atoms with Crippen LogP contribution in [-0.2, 0) is 6.54 Å². The van der Waals surface area contributed by atoms with Gasteiger partial charge in [0.15, 0.2) is 0 Å². The van der Waals surface area contributed by atoms with Crippen LogP contribution in [0.1, 0.15) is 0 Å². The zero-order valence-corrected chi connectivity index (χ0v) is 9.25. The SMILES string of the molecule is OC(CNc1ccccc1F)Cn1cccn1. The predicted octanol–water partition coefficient (Wildman–Crippen LogP) is 1.50. The Morgan fingerprint density at radius 2 is 2.18 bits per heavy atom. The molecule has 0 saturated heterocycles. The Labute approximate surface area is 98.7 Å². The largest absolute Gasteiger partial charge is 0.389 e. The number of hydrogen-bond acceptors (Lipinski definition) is 3. The van der Waals surface area contributed by atoms with E-state index in [0.717, 1.165) is 0 Å². The van der Waals surface area contributed by atoms with Gasteiger partial charge in [0.1, 0.15) is 5.82 Å². The molecule has 17 heavy (non-hydrogen) atoms. The second-order valence-corrected chi connectivity index (χ2v) is 3.74. The molecule has 0 aliphatic heterocycles. The van der Waals surface area contributed by atoms with Gasteiger partial charge in [-0.3, -0.25) is 4.68 Å². The lowest BCUT2D eigenvalue weighted by Crippen LogP contribution is -2.25. The average molecular weight is 235 g/mol. The Morgan fingerprint density at radius 3 is 2.88 bits per heavy atom. The van der Waals surface area contributed by atoms with Crippen molar-refractivity contribution in [3.8, 4) is 0 Å². The molecule has 0 aliphatic rings. The second kappa shape index (κ2) is 5.45. The first-order chi connectivity index (χ1) is 8.25. The fourth-order valence-electron chi connectivity index (χ4n) is 1.52. The van der Waals surface area contributed by atoms with Gasteiger partial charge in [0.25, 0.3) is 0 Å². The molecule has 1 unspecified atom stereocenters. The van der Waals surface area contributed by atoms with Crippen molar-refractivity contribution in [2.45, 2.75) is 12.6 Å². The van der Waals surface area contributed by atoms with Gasteiger partial charge in [0.2, 0.25) is 0 Å². The van der Waals surface area contributed by atoms with Crippen molar-refractivity contribution in [2.24, 2.45) is 0 Å². The third kappa shape index (κ3) is 3.29. The number of halogens is 1. The summed E-state index contributed by atoms with van der Waals surface area (Å²) in [5, 5.41) is 16.6. The molecule has 2 N–H and O–H groups in total. The Morgan fingerprint density at radius 1 is 1.35 bits per heavy atom. The minimum absolute atomic E-state index is 0.279. The number of aliphatic hydroxyl groups excluding tert-OH is 1. The summed E-state index contributed by atoms with van der Waals surface area (Å²) in [6, 6.07) is 8.17. The quantitative estimate of drug-likeness (QED) is 0.825. The topological polar surface area (TPSA) is 50.1 Å². The minimum Gasteiger partial charge on any atom is -0.389 e. The Bertz CT molecular complexity index is 459. The molecular weight excluding hydrogens is 221 g/mol. The zero-order chi connectivity index (χ0) is 12.1. The number of hydrogen-bond donors (Lipinski definition) is 2. The Hall–Kier alpha value is -1.88. The molecule has 5 heteroatoms. The maximum Gasteiger partial charge on any atom is 0.146 e. The summed E-state index contributed by atoms with van der Waals surface area (Å²) >= 11 is 0. The summed E-state index contributed by atoms with van der Waals surface area (Å²) in [4.78, 5) is 0. The number of nitrogens with one attached hydrogen (secondary N) is 1. The molecule has 0 bridgehead atoms. The van der Waals surface area contributed by atoms with Gasteiger partial charge in [-0.2, -0.15) is 5.10 Å². The summed E-state index contributed by atoms with van der Waals surface area (Å²) < 4.78 is 14.9. The van der Waals surface area contributed by atoms with Gasteiger partial charge in [0, 0.05) is 18.9 Å². The molecule has 0 fully saturated rings. The van der Waals surface area contributed by atoms with E-state index in [1.165, 1.54) is 6.07 Å². The van der Waals surface area contributed by atoms with E-state index >= 15 is 0 Å². The maximum absolute atomic E-state index is 13.3. The van der Waals surface area contributed by atoms with Crippen molar-refractivity contribution in [1.82, 2.24) is 9.78 Å². The molecule has 90 valence electrons. The van der Waals surface area contributed by atoms with Crippen LogP contribution in [0, 0.1) is 5.82 Å². The van der Waals surface area contributed by atoms with Gasteiger partial charge >= 0.3 is 0 Å². The number of para-hydroxylation sites is 1. The fourth-order valence-corrected chi connectivity index (χ4v) is 1.52. The number of rotatable bonds is 5. The molecule has 2 rings (SSSR count). The van der Waals surface area contributed by atoms with E-state index in [0.29, 0.717) is 12.2 Å². The summed E-state index contributed by atoms with van der Waals surface area (Å²) in [6.07, 6.45) is 2.80. The lowest BCUT2D eigenvalue weighted by atomic mass is 10.3. The van der Waals surface area contributed by atoms with Crippen LogP contribution in [0.4, 0.5) is 10.1 Å². The third-order valence-corrected chi connectivity index (χ3v) is 2.36. The highest BCUT2D eigenvalue weighted by atomic mass is 19.1. The molecule has 1 aromatic carbocycles. The van der Waals surface area contributed by atoms with Crippen LogP contribution in [0.2, 0.25) is 0 Å².